The van der Waals surface area contributed by atoms with Crippen molar-refractivity contribution in [3.05, 3.63) is 53.6 Å². The van der Waals surface area contributed by atoms with Gasteiger partial charge in [-0.25, -0.2) is 0 Å². The van der Waals surface area contributed by atoms with Crippen molar-refractivity contribution in [2.24, 2.45) is 0 Å². The number of amides is 2. The Morgan fingerprint density at radius 3 is 2.61 bits per heavy atom. The zero-order chi connectivity index (χ0) is 23.1. The normalized spacial score (nSPS) is 16.3. The molecule has 1 aliphatic carbocycles. The van der Waals surface area contributed by atoms with Crippen molar-refractivity contribution in [2.75, 3.05) is 38.3 Å². The van der Waals surface area contributed by atoms with Gasteiger partial charge in [0.15, 0.2) is 11.5 Å². The van der Waals surface area contributed by atoms with Crippen LogP contribution in [-0.4, -0.2) is 44.8 Å². The maximum absolute atomic E-state index is 13.6. The molecule has 2 aromatic rings. The van der Waals surface area contributed by atoms with Crippen molar-refractivity contribution in [3.63, 3.8) is 0 Å². The third kappa shape index (κ3) is 5.30. The molecule has 2 aromatic carbocycles. The van der Waals surface area contributed by atoms with Crippen LogP contribution in [0.1, 0.15) is 54.9 Å². The van der Waals surface area contributed by atoms with E-state index in [1.54, 1.807) is 18.2 Å². The minimum atomic E-state index is -0.618. The van der Waals surface area contributed by atoms with Crippen LogP contribution in [0.15, 0.2) is 42.5 Å². The second-order valence-electron chi connectivity index (χ2n) is 8.49. The van der Waals surface area contributed by atoms with Crippen molar-refractivity contribution >= 4 is 17.5 Å². The monoisotopic (exact) mass is 452 g/mol. The fourth-order valence-electron chi connectivity index (χ4n) is 4.58. The summed E-state index contributed by atoms with van der Waals surface area (Å²) in [6.07, 6.45) is 4.29. The number of rotatable bonds is 9. The first-order valence-electron chi connectivity index (χ1n) is 11.8. The number of hydrogen-bond acceptors (Lipinski definition) is 5. The quantitative estimate of drug-likeness (QED) is 0.561. The molecule has 2 amide bonds. The summed E-state index contributed by atoms with van der Waals surface area (Å²) in [5.41, 5.74) is 1.47. The van der Waals surface area contributed by atoms with Crippen LogP contribution in [0.25, 0.3) is 0 Å². The topological polar surface area (TPSA) is 85.9 Å². The molecule has 0 atom stereocenters. The summed E-state index contributed by atoms with van der Waals surface area (Å²) in [7, 11) is 0. The first-order valence-corrected chi connectivity index (χ1v) is 11.8. The summed E-state index contributed by atoms with van der Waals surface area (Å²) >= 11 is 0. The third-order valence-electron chi connectivity index (χ3n) is 6.32. The standard InChI is InChI=1S/C26H32N2O5/c1-2-31-14-6-13-27-24(29)19-7-5-8-21(17-19)28-25(30)26(11-3-4-12-26)20-9-10-22-23(18-20)33-16-15-32-22/h5,7-10,17-18H,2-4,6,11-16H2,1H3,(H,27,29)(H,28,30). The van der Waals surface area contributed by atoms with Gasteiger partial charge in [-0.05, 0) is 62.1 Å². The van der Waals surface area contributed by atoms with E-state index in [0.29, 0.717) is 50.0 Å². The highest BCUT2D eigenvalue weighted by Crippen LogP contribution is 2.45. The summed E-state index contributed by atoms with van der Waals surface area (Å²) < 4.78 is 16.7. The van der Waals surface area contributed by atoms with Gasteiger partial charge in [-0.2, -0.15) is 0 Å². The molecule has 7 heteroatoms. The van der Waals surface area contributed by atoms with Crippen LogP contribution in [0.2, 0.25) is 0 Å². The average Bonchev–Trinajstić information content (AvgIpc) is 3.35. The molecule has 33 heavy (non-hydrogen) atoms. The van der Waals surface area contributed by atoms with Gasteiger partial charge in [0, 0.05) is 31.0 Å². The van der Waals surface area contributed by atoms with Gasteiger partial charge < -0.3 is 24.8 Å². The molecule has 0 unspecified atom stereocenters. The molecule has 0 saturated heterocycles. The van der Waals surface area contributed by atoms with Crippen LogP contribution in [-0.2, 0) is 14.9 Å². The van der Waals surface area contributed by atoms with Crippen molar-refractivity contribution in [3.8, 4) is 11.5 Å². The Hall–Kier alpha value is -3.06. The molecule has 1 aliphatic heterocycles. The lowest BCUT2D eigenvalue weighted by Crippen LogP contribution is -2.38. The van der Waals surface area contributed by atoms with Gasteiger partial charge in [-0.1, -0.05) is 25.0 Å². The molecule has 2 aliphatic rings. The number of anilines is 1. The maximum Gasteiger partial charge on any atom is 0.251 e. The molecule has 0 bridgehead atoms. The first-order chi connectivity index (χ1) is 16.1. The van der Waals surface area contributed by atoms with E-state index >= 15 is 0 Å². The number of hydrogen-bond donors (Lipinski definition) is 2. The Labute approximate surface area is 194 Å². The lowest BCUT2D eigenvalue weighted by Gasteiger charge is -2.30. The highest BCUT2D eigenvalue weighted by molar-refractivity contribution is 6.01. The van der Waals surface area contributed by atoms with Crippen LogP contribution in [0.3, 0.4) is 0 Å². The molecule has 1 saturated carbocycles. The maximum atomic E-state index is 13.6. The van der Waals surface area contributed by atoms with Gasteiger partial charge in [0.1, 0.15) is 13.2 Å². The van der Waals surface area contributed by atoms with E-state index < -0.39 is 5.41 Å². The van der Waals surface area contributed by atoms with Crippen LogP contribution < -0.4 is 20.1 Å². The summed E-state index contributed by atoms with van der Waals surface area (Å²) in [5.74, 6) is 1.20. The van der Waals surface area contributed by atoms with Crippen LogP contribution >= 0.6 is 0 Å². The second kappa shape index (κ2) is 10.7. The van der Waals surface area contributed by atoms with E-state index in [1.807, 2.05) is 31.2 Å². The molecule has 176 valence electrons. The van der Waals surface area contributed by atoms with Crippen LogP contribution in [0.5, 0.6) is 11.5 Å². The minimum Gasteiger partial charge on any atom is -0.486 e. The molecule has 0 aromatic heterocycles. The fourth-order valence-corrected chi connectivity index (χ4v) is 4.58. The van der Waals surface area contributed by atoms with E-state index in [2.05, 4.69) is 10.6 Å². The Morgan fingerprint density at radius 1 is 1.03 bits per heavy atom. The molecule has 2 N–H and O–H groups in total. The third-order valence-corrected chi connectivity index (χ3v) is 6.32. The van der Waals surface area contributed by atoms with E-state index in [4.69, 9.17) is 14.2 Å². The summed E-state index contributed by atoms with van der Waals surface area (Å²) in [6, 6.07) is 12.9. The van der Waals surface area contributed by atoms with Gasteiger partial charge >= 0.3 is 0 Å². The van der Waals surface area contributed by atoms with E-state index in [-0.39, 0.29) is 11.8 Å². The Balaban J connectivity index is 1.46. The number of carbonyl (C=O) groups excluding carboxylic acids is 2. The van der Waals surface area contributed by atoms with Gasteiger partial charge in [0.05, 0.1) is 5.41 Å². The number of benzene rings is 2. The molecule has 7 nitrogen and oxygen atoms in total. The summed E-state index contributed by atoms with van der Waals surface area (Å²) in [5, 5.41) is 5.97. The largest absolute Gasteiger partial charge is 0.486 e. The number of nitrogens with one attached hydrogen (secondary N) is 2. The van der Waals surface area contributed by atoms with E-state index in [0.717, 1.165) is 43.4 Å². The number of carbonyl (C=O) groups is 2. The first kappa shape index (κ1) is 23.1. The molecular weight excluding hydrogens is 420 g/mol. The molecular formula is C26H32N2O5. The highest BCUT2D eigenvalue weighted by Gasteiger charge is 2.43. The van der Waals surface area contributed by atoms with Gasteiger partial charge in [0.2, 0.25) is 5.91 Å². The highest BCUT2D eigenvalue weighted by atomic mass is 16.6. The molecule has 0 spiro atoms. The van der Waals surface area contributed by atoms with Gasteiger partial charge in [0.25, 0.3) is 5.91 Å². The predicted molar refractivity (Wildman–Crippen MR) is 126 cm³/mol. The summed E-state index contributed by atoms with van der Waals surface area (Å²) in [6.45, 7) is 4.83. The Kier molecular flexibility index (Phi) is 7.50. The molecule has 0 radical (unpaired) electrons. The lowest BCUT2D eigenvalue weighted by atomic mass is 9.77. The second-order valence-corrected chi connectivity index (χ2v) is 8.49. The number of ether oxygens (including phenoxy) is 3. The molecule has 4 rings (SSSR count). The smallest absolute Gasteiger partial charge is 0.251 e. The zero-order valence-corrected chi connectivity index (χ0v) is 19.2. The lowest BCUT2D eigenvalue weighted by molar-refractivity contribution is -0.121. The average molecular weight is 453 g/mol. The predicted octanol–water partition coefficient (Wildman–Crippen LogP) is 4.06. The van der Waals surface area contributed by atoms with E-state index in [1.165, 1.54) is 0 Å². The van der Waals surface area contributed by atoms with Gasteiger partial charge in [-0.15, -0.1) is 0 Å². The van der Waals surface area contributed by atoms with Crippen molar-refractivity contribution in [2.45, 2.75) is 44.4 Å². The van der Waals surface area contributed by atoms with Crippen LogP contribution in [0, 0.1) is 0 Å². The van der Waals surface area contributed by atoms with Crippen molar-refractivity contribution in [1.82, 2.24) is 5.32 Å². The van der Waals surface area contributed by atoms with Gasteiger partial charge in [-0.3, -0.25) is 9.59 Å². The minimum absolute atomic E-state index is 0.0500. The molecule has 1 heterocycles. The summed E-state index contributed by atoms with van der Waals surface area (Å²) in [4.78, 5) is 26.1. The fraction of sp³-hybridized carbons (Fsp3) is 0.462. The Morgan fingerprint density at radius 2 is 1.82 bits per heavy atom. The SMILES string of the molecule is CCOCCCNC(=O)c1cccc(NC(=O)C2(c3ccc4c(c3)OCCO4)CCCC2)c1. The number of fused-ring (bicyclic) bond motifs is 1. The molecule has 1 fully saturated rings. The Bertz CT molecular complexity index is 984. The van der Waals surface area contributed by atoms with Crippen LogP contribution in [0.4, 0.5) is 5.69 Å². The van der Waals surface area contributed by atoms with Crippen molar-refractivity contribution in [1.29, 1.82) is 0 Å². The zero-order valence-electron chi connectivity index (χ0n) is 19.2. The van der Waals surface area contributed by atoms with E-state index in [9.17, 15) is 9.59 Å². The van der Waals surface area contributed by atoms with Crippen molar-refractivity contribution < 1.29 is 23.8 Å².